The summed E-state index contributed by atoms with van der Waals surface area (Å²) in [6.45, 7) is 9.16. The zero-order chi connectivity index (χ0) is 88.7. The molecule has 658 valence electrons. The summed E-state index contributed by atoms with van der Waals surface area (Å²) >= 11 is 16.2. The van der Waals surface area contributed by atoms with Gasteiger partial charge in [0.1, 0.15) is 89.5 Å². The lowest BCUT2D eigenvalue weighted by Crippen LogP contribution is -2.65. The van der Waals surface area contributed by atoms with Crippen molar-refractivity contribution >= 4 is 81.9 Å². The summed E-state index contributed by atoms with van der Waals surface area (Å²) in [5.74, 6) is -16.1. The predicted molar refractivity (Wildman–Crippen MR) is 438 cm³/mol. The van der Waals surface area contributed by atoms with Crippen molar-refractivity contribution in [2.75, 3.05) is 13.7 Å². The molecule has 0 spiro atoms. The summed E-state index contributed by atoms with van der Waals surface area (Å²) in [5, 5.41) is 137. The molecule has 8 aliphatic heterocycles. The third-order valence-electron chi connectivity index (χ3n) is 22.5. The van der Waals surface area contributed by atoms with Crippen molar-refractivity contribution in [1.29, 1.82) is 0 Å². The molecule has 15 rings (SSSR count). The van der Waals surface area contributed by atoms with Crippen LogP contribution in [0.3, 0.4) is 0 Å². The lowest BCUT2D eigenvalue weighted by atomic mass is 9.85. The minimum Gasteiger partial charge on any atom is -0.508 e. The summed E-state index contributed by atoms with van der Waals surface area (Å²) in [6, 6.07) is 13.3. The van der Waals surface area contributed by atoms with Crippen molar-refractivity contribution < 1.29 is 127 Å². The number of carbonyl (C=O) groups excluding carboxylic acids is 7. The van der Waals surface area contributed by atoms with Gasteiger partial charge >= 0.3 is 5.97 Å². The highest BCUT2D eigenvalue weighted by Gasteiger charge is 2.53. The van der Waals surface area contributed by atoms with Crippen LogP contribution in [0, 0.1) is 5.92 Å². The maximum absolute atomic E-state index is 16.5. The number of hydrogen-bond donors (Lipinski definition) is 20. The van der Waals surface area contributed by atoms with E-state index in [1.54, 1.807) is 13.8 Å². The SMILES string of the molecule is CN[C@H](CC(C)C)C(=O)N[C@H]1C(=O)N[C@@H](CC(N)=O)C(=O)N[C@H]2C(=O)N[C@H]3C(=O)N[C@H](C(=O)N[C@H](C(=O)O)c4cc(O)cc(O)c4-c4cc3ccc4O)[C@H](O[C@H]3C[C@](C)(N)[C@@H](O)[C@H](C)O3)c3ccc(c(Cl)c3)Oc3cc2cc(c3O[C@@H]2O[C@H](CO)[C@@H](O)[C@H](O)[C@H]2O[C@H]2C[C@](C)(NCc3ccc(-c4ccccc4)s3)[C@@H](O)[C@H](C)O2)Oc2ccc(cc2Cl)[C@H]1O. The number of aliphatic hydroxyl groups is 6. The Morgan fingerprint density at radius 2 is 1.29 bits per heavy atom. The Balaban J connectivity index is 1.03. The number of halogens is 2. The molecule has 3 saturated heterocycles. The number of benzene rings is 6. The minimum atomic E-state index is -2.39. The summed E-state index contributed by atoms with van der Waals surface area (Å²) in [7, 11) is 1.48. The number of thiophene rings is 1. The van der Waals surface area contributed by atoms with Crippen molar-refractivity contribution in [2.24, 2.45) is 17.4 Å². The number of phenolic OH excluding ortho intramolecular Hbond substituents is 3. The van der Waals surface area contributed by atoms with Crippen LogP contribution in [0.25, 0.3) is 21.6 Å². The number of carboxylic acid groups (broad SMARTS) is 1. The molecule has 7 amide bonds. The summed E-state index contributed by atoms with van der Waals surface area (Å²) < 4.78 is 52.9. The normalized spacial score (nSPS) is 30.1. The highest BCUT2D eigenvalue weighted by Crippen LogP contribution is 2.51. The molecule has 22 atom stereocenters. The highest BCUT2D eigenvalue weighted by molar-refractivity contribution is 7.15. The number of phenols is 3. The molecule has 1 aromatic heterocycles. The first-order chi connectivity index (χ1) is 58.3. The molecule has 3 fully saturated rings. The average Bonchev–Trinajstić information content (AvgIpc) is 0.922. The van der Waals surface area contributed by atoms with Crippen LogP contribution < -0.4 is 68.2 Å². The monoisotopic (exact) mass is 1760 g/mol. The number of nitrogens with one attached hydrogen (secondary N) is 8. The Hall–Kier alpha value is -10.4. The van der Waals surface area contributed by atoms with E-state index < -0.39 is 261 Å². The predicted octanol–water partition coefficient (Wildman–Crippen LogP) is 3.90. The second-order valence-electron chi connectivity index (χ2n) is 32.1. The maximum Gasteiger partial charge on any atom is 0.330 e. The van der Waals surface area contributed by atoms with Crippen molar-refractivity contribution in [3.8, 4) is 67.6 Å². The van der Waals surface area contributed by atoms with Crippen LogP contribution in [0.2, 0.25) is 10.0 Å². The molecule has 0 unspecified atom stereocenters. The number of hydrogen-bond acceptors (Lipinski definition) is 29. The van der Waals surface area contributed by atoms with Gasteiger partial charge in [0.25, 0.3) is 0 Å². The Labute approximate surface area is 717 Å². The summed E-state index contributed by atoms with van der Waals surface area (Å²) in [5.41, 5.74) is 8.02. The van der Waals surface area contributed by atoms with Crippen LogP contribution in [0.4, 0.5) is 0 Å². The maximum atomic E-state index is 16.5. The van der Waals surface area contributed by atoms with Gasteiger partial charge in [-0.1, -0.05) is 85.6 Å². The topological polar surface area (TPSA) is 561 Å². The molecule has 8 aliphatic rings. The standard InChI is InChI=1S/C84H96Cl2N10O26S/c1-34(2)21-48(89-7)75(107)95-65-67(102)39-14-18-52(46(85)23-39)117-54-25-41-26-55(71(54)122-82-72(69(104)68(103)56(33-97)119-82)121-60-31-84(6,74(106)36(4)116-60)90-32-43-16-20-57(123-43)37-11-9-8-10-12-37)118-53-19-15-40(24-47(53)86)70(120-59-30-83(5,88)73(105)35(3)115-59)66-80(112)94-64(81(113)114)45-27-42(98)28-51(100)61(45)44-22-38(13-17-50(44)99)62(77(109)96-66)93-78(110)63(41)92-76(108)49(29-58(87)101)91-79(65)111/h8-20,22-28,34-36,48-49,56,59-60,62-70,72-74,82,89-90,97-100,102-106H,21,29-33,88H2,1-7H3,(H2,87,101)(H,91,111)(H,92,108)(H,93,110)(H,94,112)(H,95,107)(H,96,109)(H,113,114)/t35-,36-,48+,49-,56+,59-,60-,62+,63+,64-,65+,66-,67+,68+,69-,70+,72+,73-,74-,82-,83-,84-/m0/s1. The summed E-state index contributed by atoms with van der Waals surface area (Å²) in [4.78, 5) is 123. The molecule has 11 bridgehead atoms. The Morgan fingerprint density at radius 1 is 0.667 bits per heavy atom. The summed E-state index contributed by atoms with van der Waals surface area (Å²) in [6.07, 6.45) is -22.8. The Kier molecular flexibility index (Phi) is 27.3. The van der Waals surface area contributed by atoms with E-state index in [-0.39, 0.29) is 59.2 Å². The third kappa shape index (κ3) is 19.6. The van der Waals surface area contributed by atoms with Crippen LogP contribution in [0.15, 0.2) is 121 Å². The quantitative estimate of drug-likeness (QED) is 0.0546. The number of carboxylic acids is 1. The van der Waals surface area contributed by atoms with E-state index in [1.165, 1.54) is 62.6 Å². The molecule has 7 aromatic rings. The minimum absolute atomic E-state index is 0.116. The van der Waals surface area contributed by atoms with Crippen LogP contribution in [-0.2, 0) is 68.6 Å². The van der Waals surface area contributed by atoms with Crippen LogP contribution in [0.5, 0.6) is 46.0 Å². The fraction of sp³-hybridized carbons (Fsp3) is 0.429. The number of ether oxygens (including phenoxy) is 8. The largest absolute Gasteiger partial charge is 0.508 e. The number of nitrogens with two attached hydrogens (primary N) is 2. The molecule has 22 N–H and O–H groups in total. The van der Waals surface area contributed by atoms with Crippen molar-refractivity contribution in [1.82, 2.24) is 42.5 Å². The third-order valence-corrected chi connectivity index (χ3v) is 24.2. The molecule has 36 nitrogen and oxygen atoms in total. The van der Waals surface area contributed by atoms with Gasteiger partial charge in [0, 0.05) is 63.0 Å². The second kappa shape index (κ2) is 37.2. The van der Waals surface area contributed by atoms with E-state index in [4.69, 9.17) is 72.6 Å². The molecular weight excluding hydrogens is 1670 g/mol. The van der Waals surface area contributed by atoms with Gasteiger partial charge in [-0.15, -0.1) is 11.3 Å². The molecule has 39 heteroatoms. The van der Waals surface area contributed by atoms with Crippen molar-refractivity contribution in [3.05, 3.63) is 164 Å². The van der Waals surface area contributed by atoms with Gasteiger partial charge in [0.05, 0.1) is 53.5 Å². The number of likely N-dealkylation sites (N-methyl/N-ethyl adjacent to an activating group) is 1. The first-order valence-corrected chi connectivity index (χ1v) is 41.0. The van der Waals surface area contributed by atoms with Crippen LogP contribution >= 0.6 is 34.5 Å². The van der Waals surface area contributed by atoms with Crippen LogP contribution in [0.1, 0.15) is 130 Å². The van der Waals surface area contributed by atoms with Crippen molar-refractivity contribution in [3.63, 3.8) is 0 Å². The smallest absolute Gasteiger partial charge is 0.330 e. The number of aromatic hydroxyl groups is 3. The van der Waals surface area contributed by atoms with Crippen LogP contribution in [-0.4, -0.2) is 215 Å². The second-order valence-corrected chi connectivity index (χ2v) is 34.1. The Bertz CT molecular complexity index is 5170. The zero-order valence-corrected chi connectivity index (χ0v) is 69.6. The van der Waals surface area contributed by atoms with E-state index in [0.717, 1.165) is 63.8 Å². The first-order valence-electron chi connectivity index (χ1n) is 39.5. The Morgan fingerprint density at radius 3 is 1.93 bits per heavy atom. The number of aliphatic hydroxyl groups excluding tert-OH is 6. The zero-order valence-electron chi connectivity index (χ0n) is 67.2. The number of rotatable bonds is 19. The fourth-order valence-corrected chi connectivity index (χ4v) is 17.3. The van der Waals surface area contributed by atoms with Gasteiger partial charge in [-0.05, 0) is 142 Å². The number of primary amides is 1. The number of carbonyl (C=O) groups is 8. The highest BCUT2D eigenvalue weighted by atomic mass is 35.5. The lowest BCUT2D eigenvalue weighted by molar-refractivity contribution is -0.334. The molecule has 123 heavy (non-hydrogen) atoms. The van der Waals surface area contributed by atoms with E-state index in [0.29, 0.717) is 0 Å². The molecule has 0 saturated carbocycles. The number of aliphatic carboxylic acids is 1. The van der Waals surface area contributed by atoms with E-state index in [1.807, 2.05) is 56.3 Å². The molecular formula is C84H96Cl2N10O26S. The van der Waals surface area contributed by atoms with Gasteiger partial charge in [0.2, 0.25) is 53.4 Å². The molecule has 0 radical (unpaired) electrons. The van der Waals surface area contributed by atoms with Crippen molar-refractivity contribution in [2.45, 2.75) is 207 Å². The van der Waals surface area contributed by atoms with E-state index in [9.17, 15) is 65.4 Å². The lowest BCUT2D eigenvalue weighted by Gasteiger charge is -2.48. The molecule has 9 heterocycles. The first kappa shape index (κ1) is 90.3. The number of amides is 7. The molecule has 0 aliphatic carbocycles. The van der Waals surface area contributed by atoms with Gasteiger partial charge in [0.15, 0.2) is 36.2 Å². The van der Waals surface area contributed by atoms with E-state index in [2.05, 4.69) is 42.5 Å². The molecule has 6 aromatic carbocycles. The van der Waals surface area contributed by atoms with Gasteiger partial charge < -0.3 is 143 Å². The van der Waals surface area contributed by atoms with Gasteiger partial charge in [-0.25, -0.2) is 4.79 Å². The van der Waals surface area contributed by atoms with Gasteiger partial charge in [-0.2, -0.15) is 0 Å². The van der Waals surface area contributed by atoms with Gasteiger partial charge in [-0.3, -0.25) is 33.6 Å². The average molecular weight is 1760 g/mol. The number of fused-ring (bicyclic) bond motifs is 15. The fourth-order valence-electron chi connectivity index (χ4n) is 15.9. The van der Waals surface area contributed by atoms with E-state index >= 15 is 24.0 Å².